The normalized spacial score (nSPS) is 29.1. The van der Waals surface area contributed by atoms with Gasteiger partial charge in [0, 0.05) is 15.5 Å². The van der Waals surface area contributed by atoms with Gasteiger partial charge in [0.05, 0.1) is 17.9 Å². The predicted molar refractivity (Wildman–Crippen MR) is 75.8 cm³/mol. The number of hydrogen-bond acceptors (Lipinski definition) is 2. The van der Waals surface area contributed by atoms with Gasteiger partial charge in [-0.2, -0.15) is 0 Å². The summed E-state index contributed by atoms with van der Waals surface area (Å²) in [6, 6.07) is 6.25. The van der Waals surface area contributed by atoms with Crippen LogP contribution in [0.3, 0.4) is 0 Å². The first kappa shape index (κ1) is 13.2. The van der Waals surface area contributed by atoms with Crippen molar-refractivity contribution in [3.63, 3.8) is 0 Å². The van der Waals surface area contributed by atoms with Crippen molar-refractivity contribution >= 4 is 33.2 Å². The molecule has 17 heavy (non-hydrogen) atoms. The monoisotopic (exact) mass is 317 g/mol. The van der Waals surface area contributed by atoms with Crippen molar-refractivity contribution in [2.45, 2.75) is 44.9 Å². The van der Waals surface area contributed by atoms with Gasteiger partial charge in [0.15, 0.2) is 0 Å². The SMILES string of the molecule is CC1CC(Nc2cc(Cl)ccc2Br)CC(C)O1. The first-order chi connectivity index (χ1) is 8.04. The van der Waals surface area contributed by atoms with E-state index in [0.717, 1.165) is 28.0 Å². The lowest BCUT2D eigenvalue weighted by Gasteiger charge is -2.33. The third-order valence-corrected chi connectivity index (χ3v) is 3.91. The highest BCUT2D eigenvalue weighted by Gasteiger charge is 2.24. The number of anilines is 1. The van der Waals surface area contributed by atoms with Crippen molar-refractivity contribution < 1.29 is 4.74 Å². The van der Waals surface area contributed by atoms with Gasteiger partial charge in [0.1, 0.15) is 0 Å². The summed E-state index contributed by atoms with van der Waals surface area (Å²) in [5.74, 6) is 0. The third kappa shape index (κ3) is 3.60. The average Bonchev–Trinajstić information content (AvgIpc) is 2.22. The molecule has 1 heterocycles. The van der Waals surface area contributed by atoms with Gasteiger partial charge >= 0.3 is 0 Å². The van der Waals surface area contributed by atoms with Crippen LogP contribution in [-0.4, -0.2) is 18.2 Å². The summed E-state index contributed by atoms with van der Waals surface area (Å²) in [7, 11) is 0. The van der Waals surface area contributed by atoms with Crippen molar-refractivity contribution in [3.8, 4) is 0 Å². The molecule has 94 valence electrons. The second-order valence-electron chi connectivity index (χ2n) is 4.69. The van der Waals surface area contributed by atoms with Gasteiger partial charge < -0.3 is 10.1 Å². The molecule has 2 rings (SSSR count). The van der Waals surface area contributed by atoms with E-state index < -0.39 is 0 Å². The van der Waals surface area contributed by atoms with Crippen LogP contribution in [0.1, 0.15) is 26.7 Å². The number of rotatable bonds is 2. The van der Waals surface area contributed by atoms with Gasteiger partial charge in [0.2, 0.25) is 0 Å². The molecule has 1 aliphatic heterocycles. The Balaban J connectivity index is 2.07. The van der Waals surface area contributed by atoms with Gasteiger partial charge in [-0.1, -0.05) is 11.6 Å². The summed E-state index contributed by atoms with van der Waals surface area (Å²) in [4.78, 5) is 0. The Kier molecular flexibility index (Phi) is 4.34. The van der Waals surface area contributed by atoms with E-state index in [-0.39, 0.29) is 0 Å². The molecule has 1 aromatic carbocycles. The standard InChI is InChI=1S/C13H17BrClNO/c1-8-5-11(6-9(2)17-8)16-13-7-10(15)3-4-12(13)14/h3-4,7-9,11,16H,5-6H2,1-2H3. The van der Waals surface area contributed by atoms with Gasteiger partial charge in [-0.05, 0) is 60.8 Å². The smallest absolute Gasteiger partial charge is 0.0570 e. The van der Waals surface area contributed by atoms with E-state index in [1.165, 1.54) is 0 Å². The van der Waals surface area contributed by atoms with Crippen LogP contribution in [0.2, 0.25) is 5.02 Å². The molecule has 2 unspecified atom stereocenters. The lowest BCUT2D eigenvalue weighted by Crippen LogP contribution is -2.36. The van der Waals surface area contributed by atoms with E-state index >= 15 is 0 Å². The maximum Gasteiger partial charge on any atom is 0.0570 e. The zero-order valence-corrected chi connectivity index (χ0v) is 12.4. The van der Waals surface area contributed by atoms with Crippen LogP contribution in [0.15, 0.2) is 22.7 Å². The largest absolute Gasteiger partial charge is 0.381 e. The quantitative estimate of drug-likeness (QED) is 0.868. The Morgan fingerprint density at radius 1 is 1.29 bits per heavy atom. The summed E-state index contributed by atoms with van der Waals surface area (Å²) in [6.45, 7) is 4.24. The summed E-state index contributed by atoms with van der Waals surface area (Å²) in [6.07, 6.45) is 2.69. The van der Waals surface area contributed by atoms with E-state index in [1.807, 2.05) is 18.2 Å². The van der Waals surface area contributed by atoms with Gasteiger partial charge in [-0.3, -0.25) is 0 Å². The maximum atomic E-state index is 6.01. The minimum atomic E-state index is 0.314. The summed E-state index contributed by atoms with van der Waals surface area (Å²) in [5, 5.41) is 4.29. The minimum Gasteiger partial charge on any atom is -0.381 e. The van der Waals surface area contributed by atoms with E-state index in [4.69, 9.17) is 16.3 Å². The van der Waals surface area contributed by atoms with Crippen LogP contribution < -0.4 is 5.32 Å². The zero-order chi connectivity index (χ0) is 12.4. The molecule has 0 saturated carbocycles. The number of benzene rings is 1. The Hall–Kier alpha value is -0.250. The molecular formula is C13H17BrClNO. The fourth-order valence-corrected chi connectivity index (χ4v) is 2.88. The van der Waals surface area contributed by atoms with Crippen molar-refractivity contribution in [2.24, 2.45) is 0 Å². The zero-order valence-electron chi connectivity index (χ0n) is 10.0. The molecule has 0 aromatic heterocycles. The number of hydrogen-bond donors (Lipinski definition) is 1. The van der Waals surface area contributed by atoms with Gasteiger partial charge in [0.25, 0.3) is 0 Å². The number of ether oxygens (including phenoxy) is 1. The summed E-state index contributed by atoms with van der Waals surface area (Å²) < 4.78 is 6.78. The second-order valence-corrected chi connectivity index (χ2v) is 5.98. The molecule has 0 radical (unpaired) electrons. The fourth-order valence-electron chi connectivity index (χ4n) is 2.35. The van der Waals surface area contributed by atoms with Crippen LogP contribution in [0.5, 0.6) is 0 Å². The number of halogens is 2. The Labute approximate surface area is 116 Å². The van der Waals surface area contributed by atoms with E-state index in [0.29, 0.717) is 18.2 Å². The van der Waals surface area contributed by atoms with Crippen LogP contribution in [0, 0.1) is 0 Å². The van der Waals surface area contributed by atoms with Gasteiger partial charge in [-0.25, -0.2) is 0 Å². The first-order valence-electron chi connectivity index (χ1n) is 5.91. The van der Waals surface area contributed by atoms with Crippen molar-refractivity contribution in [3.05, 3.63) is 27.7 Å². The number of nitrogens with one attached hydrogen (secondary N) is 1. The lowest BCUT2D eigenvalue weighted by molar-refractivity contribution is -0.0337. The molecule has 1 N–H and O–H groups in total. The Morgan fingerprint density at radius 3 is 2.59 bits per heavy atom. The molecule has 1 fully saturated rings. The van der Waals surface area contributed by atoms with Crippen LogP contribution >= 0.6 is 27.5 Å². The lowest BCUT2D eigenvalue weighted by atomic mass is 9.99. The summed E-state index contributed by atoms with van der Waals surface area (Å²) in [5.41, 5.74) is 1.06. The van der Waals surface area contributed by atoms with Crippen molar-refractivity contribution in [1.29, 1.82) is 0 Å². The average molecular weight is 319 g/mol. The summed E-state index contributed by atoms with van der Waals surface area (Å²) >= 11 is 9.54. The molecule has 1 aliphatic rings. The molecule has 2 atom stereocenters. The van der Waals surface area contributed by atoms with Crippen molar-refractivity contribution in [1.82, 2.24) is 0 Å². The second kappa shape index (κ2) is 5.59. The molecule has 0 aliphatic carbocycles. The van der Waals surface area contributed by atoms with Crippen molar-refractivity contribution in [2.75, 3.05) is 5.32 Å². The molecular weight excluding hydrogens is 302 g/mol. The Bertz CT molecular complexity index is 389. The van der Waals surface area contributed by atoms with E-state index in [1.54, 1.807) is 0 Å². The third-order valence-electron chi connectivity index (χ3n) is 2.99. The van der Waals surface area contributed by atoms with E-state index in [2.05, 4.69) is 35.1 Å². The highest BCUT2D eigenvalue weighted by Crippen LogP contribution is 2.29. The minimum absolute atomic E-state index is 0.314. The maximum absolute atomic E-state index is 6.01. The molecule has 0 spiro atoms. The van der Waals surface area contributed by atoms with Crippen LogP contribution in [-0.2, 0) is 4.74 Å². The van der Waals surface area contributed by atoms with E-state index in [9.17, 15) is 0 Å². The molecule has 0 bridgehead atoms. The molecule has 1 aromatic rings. The molecule has 1 saturated heterocycles. The topological polar surface area (TPSA) is 21.3 Å². The first-order valence-corrected chi connectivity index (χ1v) is 7.08. The fraction of sp³-hybridized carbons (Fsp3) is 0.538. The van der Waals surface area contributed by atoms with Gasteiger partial charge in [-0.15, -0.1) is 0 Å². The Morgan fingerprint density at radius 2 is 1.94 bits per heavy atom. The molecule has 0 amide bonds. The predicted octanol–water partition coefficient (Wildman–Crippen LogP) is 4.47. The van der Waals surface area contributed by atoms with Crippen LogP contribution in [0.25, 0.3) is 0 Å². The van der Waals surface area contributed by atoms with Crippen LogP contribution in [0.4, 0.5) is 5.69 Å². The highest BCUT2D eigenvalue weighted by atomic mass is 79.9. The molecule has 4 heteroatoms. The highest BCUT2D eigenvalue weighted by molar-refractivity contribution is 9.10. The molecule has 2 nitrogen and oxygen atoms in total.